The molecule has 1 saturated carbocycles. The predicted molar refractivity (Wildman–Crippen MR) is 136 cm³/mol. The Balaban J connectivity index is 0.00000341. The van der Waals surface area contributed by atoms with Crippen molar-refractivity contribution < 1.29 is 14.2 Å². The van der Waals surface area contributed by atoms with Crippen molar-refractivity contribution in [3.05, 3.63) is 23.8 Å². The van der Waals surface area contributed by atoms with Gasteiger partial charge in [-0.15, -0.1) is 24.0 Å². The van der Waals surface area contributed by atoms with Crippen LogP contribution in [0, 0.1) is 5.92 Å². The quantitative estimate of drug-likeness (QED) is 0.266. The second-order valence-electron chi connectivity index (χ2n) is 8.03. The lowest BCUT2D eigenvalue weighted by Crippen LogP contribution is -2.42. The molecule has 0 spiro atoms. The van der Waals surface area contributed by atoms with E-state index in [1.54, 1.807) is 14.2 Å². The van der Waals surface area contributed by atoms with E-state index in [0.717, 1.165) is 56.2 Å². The third-order valence-electron chi connectivity index (χ3n) is 5.95. The van der Waals surface area contributed by atoms with Crippen molar-refractivity contribution >= 4 is 29.9 Å². The van der Waals surface area contributed by atoms with Crippen LogP contribution in [0.2, 0.25) is 0 Å². The summed E-state index contributed by atoms with van der Waals surface area (Å²) >= 11 is 0. The molecule has 2 fully saturated rings. The number of guanidine groups is 1. The molecule has 1 heterocycles. The molecular weight excluding hydrogens is 507 g/mol. The molecule has 0 aromatic heterocycles. The molecule has 3 rings (SSSR count). The van der Waals surface area contributed by atoms with Crippen molar-refractivity contribution in [2.75, 3.05) is 53.6 Å². The van der Waals surface area contributed by atoms with E-state index >= 15 is 0 Å². The first-order valence-corrected chi connectivity index (χ1v) is 11.3. The molecule has 2 aliphatic rings. The molecule has 8 heteroatoms. The first-order chi connectivity index (χ1) is 14.7. The van der Waals surface area contributed by atoms with E-state index in [4.69, 9.17) is 19.2 Å². The van der Waals surface area contributed by atoms with Crippen molar-refractivity contribution in [2.45, 2.75) is 45.2 Å². The maximum Gasteiger partial charge on any atom is 0.191 e. The summed E-state index contributed by atoms with van der Waals surface area (Å²) in [7, 11) is 3.35. The van der Waals surface area contributed by atoms with Gasteiger partial charge in [0.1, 0.15) is 0 Å². The first-order valence-electron chi connectivity index (χ1n) is 11.3. The molecule has 1 aliphatic heterocycles. The molecule has 3 unspecified atom stereocenters. The Kier molecular flexibility index (Phi) is 11.2. The van der Waals surface area contributed by atoms with Crippen LogP contribution in [-0.4, -0.2) is 70.5 Å². The van der Waals surface area contributed by atoms with Gasteiger partial charge in [-0.3, -0.25) is 9.89 Å². The highest BCUT2D eigenvalue weighted by Crippen LogP contribution is 2.35. The van der Waals surface area contributed by atoms with Crippen LogP contribution < -0.4 is 20.1 Å². The van der Waals surface area contributed by atoms with Gasteiger partial charge in [0.05, 0.1) is 40.0 Å². The maximum absolute atomic E-state index is 5.58. The van der Waals surface area contributed by atoms with Crippen LogP contribution >= 0.6 is 24.0 Å². The molecule has 0 amide bonds. The molecule has 176 valence electrons. The van der Waals surface area contributed by atoms with Crippen LogP contribution in [0.25, 0.3) is 0 Å². The number of halogens is 1. The van der Waals surface area contributed by atoms with Crippen LogP contribution in [0.4, 0.5) is 0 Å². The van der Waals surface area contributed by atoms with Crippen molar-refractivity contribution in [3.8, 4) is 11.5 Å². The summed E-state index contributed by atoms with van der Waals surface area (Å²) in [6, 6.07) is 6.90. The lowest BCUT2D eigenvalue weighted by molar-refractivity contribution is 0.0179. The molecule has 0 radical (unpaired) electrons. The molecule has 3 atom stereocenters. The van der Waals surface area contributed by atoms with Crippen LogP contribution in [0.5, 0.6) is 11.5 Å². The number of morpholine rings is 1. The van der Waals surface area contributed by atoms with E-state index in [1.165, 1.54) is 24.8 Å². The van der Waals surface area contributed by atoms with E-state index in [-0.39, 0.29) is 30.0 Å². The minimum atomic E-state index is 0. The summed E-state index contributed by atoms with van der Waals surface area (Å²) in [6.07, 6.45) is 3.79. The fourth-order valence-electron chi connectivity index (χ4n) is 4.17. The van der Waals surface area contributed by atoms with Crippen LogP contribution in [0.15, 0.2) is 23.2 Å². The highest BCUT2D eigenvalue weighted by molar-refractivity contribution is 14.0. The van der Waals surface area contributed by atoms with Gasteiger partial charge in [0.25, 0.3) is 0 Å². The highest BCUT2D eigenvalue weighted by Gasteiger charge is 2.36. The number of hydrogen-bond acceptors (Lipinski definition) is 5. The predicted octanol–water partition coefficient (Wildman–Crippen LogP) is 3.44. The maximum atomic E-state index is 5.58. The van der Waals surface area contributed by atoms with Crippen LogP contribution in [0.1, 0.15) is 44.7 Å². The zero-order valence-corrected chi connectivity index (χ0v) is 21.7. The van der Waals surface area contributed by atoms with E-state index < -0.39 is 0 Å². The average Bonchev–Trinajstić information content (AvgIpc) is 3.52. The zero-order chi connectivity index (χ0) is 21.3. The summed E-state index contributed by atoms with van der Waals surface area (Å²) < 4.78 is 16.5. The largest absolute Gasteiger partial charge is 0.493 e. The van der Waals surface area contributed by atoms with E-state index in [1.807, 2.05) is 6.07 Å². The minimum Gasteiger partial charge on any atom is -0.493 e. The van der Waals surface area contributed by atoms with E-state index in [2.05, 4.69) is 41.5 Å². The lowest BCUT2D eigenvalue weighted by atomic mass is 10.0. The van der Waals surface area contributed by atoms with Crippen molar-refractivity contribution in [2.24, 2.45) is 10.9 Å². The Morgan fingerprint density at radius 1 is 1.19 bits per heavy atom. The van der Waals surface area contributed by atoms with Gasteiger partial charge in [-0.05, 0) is 43.4 Å². The topological polar surface area (TPSA) is 67.4 Å². The van der Waals surface area contributed by atoms with Gasteiger partial charge in [-0.25, -0.2) is 0 Å². The second kappa shape index (κ2) is 13.3. The Hall–Kier alpha value is -1.26. The van der Waals surface area contributed by atoms with Gasteiger partial charge in [0.15, 0.2) is 17.5 Å². The van der Waals surface area contributed by atoms with Gasteiger partial charge in [-0.1, -0.05) is 19.4 Å². The number of nitrogens with one attached hydrogen (secondary N) is 2. The van der Waals surface area contributed by atoms with Crippen molar-refractivity contribution in [3.63, 3.8) is 0 Å². The fraction of sp³-hybridized carbons (Fsp3) is 0.696. The number of hydrogen-bond donors (Lipinski definition) is 2. The standard InChI is InChI=1S/C23H38N4O3.HI/c1-5-7-17-14-19(17)26-23(24-6-2)25-16-20(27-10-12-30-13-11-27)18-8-9-21(28-3)22(15-18)29-4;/h8-9,15,17,19-20H,5-7,10-14,16H2,1-4H3,(H2,24,25,26);1H. The third kappa shape index (κ3) is 7.39. The van der Waals surface area contributed by atoms with Crippen LogP contribution in [0.3, 0.4) is 0 Å². The van der Waals surface area contributed by atoms with Gasteiger partial charge in [0.2, 0.25) is 0 Å². The number of rotatable bonds is 10. The Bertz CT molecular complexity index is 697. The van der Waals surface area contributed by atoms with Crippen molar-refractivity contribution in [1.29, 1.82) is 0 Å². The van der Waals surface area contributed by atoms with Gasteiger partial charge in [0, 0.05) is 25.7 Å². The summed E-state index contributed by atoms with van der Waals surface area (Å²) in [5.41, 5.74) is 1.18. The molecule has 1 aliphatic carbocycles. The number of ether oxygens (including phenoxy) is 3. The molecule has 1 saturated heterocycles. The molecule has 1 aromatic rings. The summed E-state index contributed by atoms with van der Waals surface area (Å²) in [6.45, 7) is 9.22. The molecular formula is C23H39IN4O3. The molecule has 1 aromatic carbocycles. The Labute approximate surface area is 204 Å². The molecule has 31 heavy (non-hydrogen) atoms. The van der Waals surface area contributed by atoms with E-state index in [0.29, 0.717) is 12.6 Å². The summed E-state index contributed by atoms with van der Waals surface area (Å²) in [4.78, 5) is 7.43. The normalized spacial score (nSPS) is 22.3. The molecule has 0 bridgehead atoms. The third-order valence-corrected chi connectivity index (χ3v) is 5.95. The monoisotopic (exact) mass is 546 g/mol. The van der Waals surface area contributed by atoms with Crippen molar-refractivity contribution in [1.82, 2.24) is 15.5 Å². The van der Waals surface area contributed by atoms with Gasteiger partial charge < -0.3 is 24.8 Å². The highest BCUT2D eigenvalue weighted by atomic mass is 127. The fourth-order valence-corrected chi connectivity index (χ4v) is 4.17. The smallest absolute Gasteiger partial charge is 0.191 e. The van der Waals surface area contributed by atoms with E-state index in [9.17, 15) is 0 Å². The number of nitrogens with zero attached hydrogens (tertiary/aromatic N) is 2. The number of benzene rings is 1. The Morgan fingerprint density at radius 2 is 1.94 bits per heavy atom. The zero-order valence-electron chi connectivity index (χ0n) is 19.4. The minimum absolute atomic E-state index is 0. The molecule has 7 nitrogen and oxygen atoms in total. The number of aliphatic imine (C=N–C) groups is 1. The summed E-state index contributed by atoms with van der Waals surface area (Å²) in [5.74, 6) is 3.21. The SMILES string of the molecule is CCCC1CC1NC(=NCC(c1ccc(OC)c(OC)c1)N1CCOCC1)NCC.I. The first kappa shape index (κ1) is 26.0. The van der Waals surface area contributed by atoms with Gasteiger partial charge >= 0.3 is 0 Å². The van der Waals surface area contributed by atoms with Crippen LogP contribution in [-0.2, 0) is 4.74 Å². The van der Waals surface area contributed by atoms with Gasteiger partial charge in [-0.2, -0.15) is 0 Å². The average molecular weight is 546 g/mol. The summed E-state index contributed by atoms with van der Waals surface area (Å²) in [5, 5.41) is 7.05. The Morgan fingerprint density at radius 3 is 2.58 bits per heavy atom. The second-order valence-corrected chi connectivity index (χ2v) is 8.03. The molecule has 2 N–H and O–H groups in total. The lowest BCUT2D eigenvalue weighted by Gasteiger charge is -2.34. The number of methoxy groups -OCH3 is 2.